The Morgan fingerprint density at radius 3 is 2.48 bits per heavy atom. The van der Waals surface area contributed by atoms with Crippen LogP contribution in [0, 0.1) is 22.7 Å². The number of hydrogen-bond donors (Lipinski definition) is 1. The van der Waals surface area contributed by atoms with Crippen LogP contribution in [0.4, 0.5) is 0 Å². The third-order valence-electron chi connectivity index (χ3n) is 8.02. The van der Waals surface area contributed by atoms with Crippen LogP contribution in [0.15, 0.2) is 12.7 Å². The molecule has 0 spiro atoms. The van der Waals surface area contributed by atoms with Crippen molar-refractivity contribution in [3.05, 3.63) is 12.7 Å². The molecule has 1 N–H and O–H groups in total. The van der Waals surface area contributed by atoms with E-state index in [0.717, 1.165) is 19.3 Å². The van der Waals surface area contributed by atoms with Crippen molar-refractivity contribution in [1.82, 2.24) is 0 Å². The van der Waals surface area contributed by atoms with Crippen molar-refractivity contribution < 1.29 is 19.4 Å². The molecule has 0 aromatic heterocycles. The number of halogens is 1. The van der Waals surface area contributed by atoms with Gasteiger partial charge < -0.3 is 14.6 Å². The Hall–Kier alpha value is -0.390. The van der Waals surface area contributed by atoms with E-state index >= 15 is 0 Å². The second kappa shape index (κ2) is 6.56. The zero-order valence-electron chi connectivity index (χ0n) is 17.5. The largest absolute Gasteiger partial charge is 0.462 e. The standard InChI is InChI=1S/C22H35BrO4/c1-8-20(5)10-9-15-21(6,27-20)12-14(25)18-19(3,4)16(23)11-17(22(15,18)7)26-13(2)24/h8,14-18,25H,1,9-12H2,2-7H3. The van der Waals surface area contributed by atoms with Gasteiger partial charge in [-0.05, 0) is 44.4 Å². The van der Waals surface area contributed by atoms with Gasteiger partial charge in [-0.2, -0.15) is 0 Å². The lowest BCUT2D eigenvalue weighted by Crippen LogP contribution is -2.71. The average molecular weight is 443 g/mol. The highest BCUT2D eigenvalue weighted by Crippen LogP contribution is 2.67. The summed E-state index contributed by atoms with van der Waals surface area (Å²) in [5.41, 5.74) is -1.33. The Morgan fingerprint density at radius 1 is 1.30 bits per heavy atom. The van der Waals surface area contributed by atoms with Crippen LogP contribution in [-0.4, -0.2) is 39.3 Å². The van der Waals surface area contributed by atoms with Gasteiger partial charge >= 0.3 is 5.97 Å². The maximum Gasteiger partial charge on any atom is 0.302 e. The second-order valence-electron chi connectivity index (χ2n) is 10.3. The predicted octanol–water partition coefficient (Wildman–Crippen LogP) is 4.63. The van der Waals surface area contributed by atoms with Gasteiger partial charge in [0.2, 0.25) is 0 Å². The fourth-order valence-corrected chi connectivity index (χ4v) is 7.51. The molecule has 4 nitrogen and oxygen atoms in total. The highest BCUT2D eigenvalue weighted by molar-refractivity contribution is 9.09. The molecule has 3 aliphatic rings. The molecule has 1 saturated heterocycles. The van der Waals surface area contributed by atoms with Crippen LogP contribution < -0.4 is 0 Å². The smallest absolute Gasteiger partial charge is 0.302 e. The van der Waals surface area contributed by atoms with Crippen LogP contribution in [0.1, 0.15) is 67.2 Å². The molecule has 0 bridgehead atoms. The molecular weight excluding hydrogens is 408 g/mol. The van der Waals surface area contributed by atoms with Gasteiger partial charge in [0, 0.05) is 29.5 Å². The van der Waals surface area contributed by atoms with Crippen LogP contribution in [-0.2, 0) is 14.3 Å². The topological polar surface area (TPSA) is 55.8 Å². The molecule has 0 amide bonds. The lowest BCUT2D eigenvalue weighted by atomic mass is 9.42. The van der Waals surface area contributed by atoms with E-state index in [-0.39, 0.29) is 45.2 Å². The summed E-state index contributed by atoms with van der Waals surface area (Å²) < 4.78 is 12.5. The Morgan fingerprint density at radius 2 is 1.93 bits per heavy atom. The lowest BCUT2D eigenvalue weighted by Gasteiger charge is -2.68. The summed E-state index contributed by atoms with van der Waals surface area (Å²) >= 11 is 3.84. The molecule has 5 heteroatoms. The Kier molecular flexibility index (Phi) is 5.18. The van der Waals surface area contributed by atoms with Gasteiger partial charge in [-0.1, -0.05) is 42.8 Å². The summed E-state index contributed by atoms with van der Waals surface area (Å²) in [6.45, 7) is 16.3. The summed E-state index contributed by atoms with van der Waals surface area (Å²) in [5, 5.41) is 11.4. The first-order valence-electron chi connectivity index (χ1n) is 10.1. The van der Waals surface area contributed by atoms with Gasteiger partial charge in [0.05, 0.1) is 17.3 Å². The minimum Gasteiger partial charge on any atom is -0.462 e. The van der Waals surface area contributed by atoms with E-state index in [0.29, 0.717) is 6.42 Å². The van der Waals surface area contributed by atoms with E-state index < -0.39 is 11.7 Å². The maximum atomic E-state index is 11.9. The minimum absolute atomic E-state index is 0.0160. The maximum absolute atomic E-state index is 11.9. The van der Waals surface area contributed by atoms with Crippen LogP contribution >= 0.6 is 15.9 Å². The van der Waals surface area contributed by atoms with Gasteiger partial charge in [-0.3, -0.25) is 4.79 Å². The third kappa shape index (κ3) is 3.12. The van der Waals surface area contributed by atoms with Crippen LogP contribution in [0.2, 0.25) is 0 Å². The average Bonchev–Trinajstić information content (AvgIpc) is 2.50. The van der Waals surface area contributed by atoms with Crippen molar-refractivity contribution in [2.45, 2.75) is 95.5 Å². The summed E-state index contributed by atoms with van der Waals surface area (Å²) in [6, 6.07) is 0. The molecule has 1 aliphatic heterocycles. The fourth-order valence-electron chi connectivity index (χ4n) is 6.89. The molecule has 3 fully saturated rings. The number of aliphatic hydroxyl groups excluding tert-OH is 1. The molecule has 0 radical (unpaired) electrons. The van der Waals surface area contributed by atoms with Crippen molar-refractivity contribution in [3.8, 4) is 0 Å². The number of aliphatic hydroxyl groups is 1. The molecule has 3 rings (SSSR count). The SMILES string of the molecule is C=CC1(C)CCC2C(C)(CC(O)C3C(C)(C)C(Br)CC(OC(C)=O)C23C)O1. The van der Waals surface area contributed by atoms with E-state index in [4.69, 9.17) is 9.47 Å². The van der Waals surface area contributed by atoms with E-state index in [9.17, 15) is 9.90 Å². The Bertz CT molecular complexity index is 634. The van der Waals surface area contributed by atoms with Crippen molar-refractivity contribution in [1.29, 1.82) is 0 Å². The van der Waals surface area contributed by atoms with Crippen molar-refractivity contribution in [2.24, 2.45) is 22.7 Å². The van der Waals surface area contributed by atoms with Gasteiger partial charge in [-0.15, -0.1) is 6.58 Å². The molecule has 8 atom stereocenters. The summed E-state index contributed by atoms with van der Waals surface area (Å²) in [5.74, 6) is -0.0360. The van der Waals surface area contributed by atoms with Crippen molar-refractivity contribution in [3.63, 3.8) is 0 Å². The minimum atomic E-state index is -0.517. The molecule has 27 heavy (non-hydrogen) atoms. The van der Waals surface area contributed by atoms with Gasteiger partial charge in [0.15, 0.2) is 0 Å². The van der Waals surface area contributed by atoms with E-state index in [1.54, 1.807) is 0 Å². The third-order valence-corrected chi connectivity index (χ3v) is 9.57. The number of carbonyl (C=O) groups excluding carboxylic acids is 1. The zero-order chi connectivity index (χ0) is 20.4. The number of carbonyl (C=O) groups is 1. The molecule has 2 saturated carbocycles. The first-order chi connectivity index (χ1) is 12.3. The number of esters is 1. The zero-order valence-corrected chi connectivity index (χ0v) is 19.1. The Balaban J connectivity index is 2.11. The molecule has 2 aliphatic carbocycles. The predicted molar refractivity (Wildman–Crippen MR) is 110 cm³/mol. The molecule has 1 heterocycles. The Labute approximate surface area is 172 Å². The molecule has 0 aromatic rings. The monoisotopic (exact) mass is 442 g/mol. The fraction of sp³-hybridized carbons (Fsp3) is 0.864. The van der Waals surface area contributed by atoms with Gasteiger partial charge in [0.25, 0.3) is 0 Å². The molecular formula is C22H35BrO4. The molecule has 0 aromatic carbocycles. The highest BCUT2D eigenvalue weighted by atomic mass is 79.9. The van der Waals surface area contributed by atoms with Crippen molar-refractivity contribution in [2.75, 3.05) is 0 Å². The first-order valence-corrected chi connectivity index (χ1v) is 11.0. The van der Waals surface area contributed by atoms with Crippen LogP contribution in [0.3, 0.4) is 0 Å². The van der Waals surface area contributed by atoms with Crippen LogP contribution in [0.5, 0.6) is 0 Å². The van der Waals surface area contributed by atoms with Crippen molar-refractivity contribution >= 4 is 21.9 Å². The van der Waals surface area contributed by atoms with Gasteiger partial charge in [0.1, 0.15) is 6.10 Å². The summed E-state index contributed by atoms with van der Waals surface area (Å²) in [6.07, 6.45) is 4.33. The summed E-state index contributed by atoms with van der Waals surface area (Å²) in [7, 11) is 0. The van der Waals surface area contributed by atoms with E-state index in [2.05, 4.69) is 57.1 Å². The number of rotatable bonds is 2. The molecule has 154 valence electrons. The number of hydrogen-bond acceptors (Lipinski definition) is 4. The number of alkyl halides is 1. The number of ether oxygens (including phenoxy) is 2. The first kappa shape index (κ1) is 21.3. The van der Waals surface area contributed by atoms with Crippen LogP contribution in [0.25, 0.3) is 0 Å². The van der Waals surface area contributed by atoms with E-state index in [1.165, 1.54) is 6.92 Å². The summed E-state index contributed by atoms with van der Waals surface area (Å²) in [4.78, 5) is 12.1. The second-order valence-corrected chi connectivity index (χ2v) is 11.4. The normalized spacial score (nSPS) is 51.6. The highest BCUT2D eigenvalue weighted by Gasteiger charge is 2.69. The number of fused-ring (bicyclic) bond motifs is 3. The molecule has 8 unspecified atom stereocenters. The lowest BCUT2D eigenvalue weighted by molar-refractivity contribution is -0.297. The van der Waals surface area contributed by atoms with E-state index in [1.807, 2.05) is 6.08 Å². The van der Waals surface area contributed by atoms with Gasteiger partial charge in [-0.25, -0.2) is 0 Å². The quantitative estimate of drug-likeness (QED) is 0.384.